The molecule has 86 valence electrons. The van der Waals surface area contributed by atoms with Crippen molar-refractivity contribution in [2.24, 2.45) is 5.92 Å². The van der Waals surface area contributed by atoms with Crippen molar-refractivity contribution < 1.29 is 0 Å². The van der Waals surface area contributed by atoms with Gasteiger partial charge in [-0.15, -0.1) is 0 Å². The van der Waals surface area contributed by atoms with Gasteiger partial charge in [-0.25, -0.2) is 4.98 Å². The molecule has 0 bridgehead atoms. The highest BCUT2D eigenvalue weighted by molar-refractivity contribution is 7.79. The molecule has 4 heteroatoms. The number of thiol groups is 1. The summed E-state index contributed by atoms with van der Waals surface area (Å²) in [6.07, 6.45) is 0. The quantitative estimate of drug-likeness (QED) is 0.826. The van der Waals surface area contributed by atoms with E-state index in [0.717, 1.165) is 28.4 Å². The van der Waals surface area contributed by atoms with E-state index < -0.39 is 0 Å². The molecule has 1 aromatic carbocycles. The van der Waals surface area contributed by atoms with Crippen molar-refractivity contribution in [1.29, 1.82) is 0 Å². The van der Waals surface area contributed by atoms with Crippen molar-refractivity contribution in [3.05, 3.63) is 29.0 Å². The van der Waals surface area contributed by atoms with Gasteiger partial charge in [0.15, 0.2) is 0 Å². The Morgan fingerprint density at radius 2 is 2.19 bits per heavy atom. The summed E-state index contributed by atoms with van der Waals surface area (Å²) in [5, 5.41) is 0.729. The van der Waals surface area contributed by atoms with E-state index >= 15 is 0 Å². The van der Waals surface area contributed by atoms with Crippen LogP contribution >= 0.6 is 24.2 Å². The summed E-state index contributed by atoms with van der Waals surface area (Å²) in [7, 11) is 0. The van der Waals surface area contributed by atoms with Crippen LogP contribution < -0.4 is 0 Å². The number of hydrogen-bond donors (Lipinski definition) is 1. The van der Waals surface area contributed by atoms with Gasteiger partial charge < -0.3 is 4.57 Å². The van der Waals surface area contributed by atoms with E-state index in [4.69, 9.17) is 11.6 Å². The predicted octanol–water partition coefficient (Wildman–Crippen LogP) is 3.78. The minimum absolute atomic E-state index is 0.590. The van der Waals surface area contributed by atoms with Gasteiger partial charge in [0.25, 0.3) is 0 Å². The van der Waals surface area contributed by atoms with E-state index in [0.29, 0.717) is 11.7 Å². The van der Waals surface area contributed by atoms with Gasteiger partial charge in [-0.05, 0) is 24.1 Å². The molecule has 0 aliphatic rings. The molecule has 16 heavy (non-hydrogen) atoms. The highest BCUT2D eigenvalue weighted by atomic mass is 35.5. The van der Waals surface area contributed by atoms with E-state index in [1.165, 1.54) is 0 Å². The second-order valence-electron chi connectivity index (χ2n) is 4.32. The number of hydrogen-bond acceptors (Lipinski definition) is 2. The lowest BCUT2D eigenvalue weighted by Crippen LogP contribution is -2.07. The molecule has 2 nitrogen and oxygen atoms in total. The molecular weight excluding hydrogens is 240 g/mol. The maximum atomic E-state index is 5.96. The van der Waals surface area contributed by atoms with E-state index in [2.05, 4.69) is 36.0 Å². The number of halogens is 1. The van der Waals surface area contributed by atoms with Crippen LogP contribution in [0.5, 0.6) is 0 Å². The fourth-order valence-electron chi connectivity index (χ4n) is 1.84. The first-order valence-corrected chi connectivity index (χ1v) is 6.38. The van der Waals surface area contributed by atoms with Gasteiger partial charge in [-0.2, -0.15) is 12.6 Å². The number of fused-ring (bicyclic) bond motifs is 1. The molecule has 0 N–H and O–H groups in total. The predicted molar refractivity (Wildman–Crippen MR) is 72.3 cm³/mol. The van der Waals surface area contributed by atoms with E-state index in [1.807, 2.05) is 18.2 Å². The van der Waals surface area contributed by atoms with E-state index in [1.54, 1.807) is 0 Å². The molecule has 1 aromatic heterocycles. The first-order chi connectivity index (χ1) is 7.61. The molecule has 1 heterocycles. The third-order valence-corrected chi connectivity index (χ3v) is 3.00. The summed E-state index contributed by atoms with van der Waals surface area (Å²) in [4.78, 5) is 4.55. The summed E-state index contributed by atoms with van der Waals surface area (Å²) < 4.78 is 2.23. The summed E-state index contributed by atoms with van der Waals surface area (Å²) in [6, 6.07) is 5.84. The molecule has 2 aromatic rings. The maximum Gasteiger partial charge on any atom is 0.119 e. The maximum absolute atomic E-state index is 5.96. The van der Waals surface area contributed by atoms with Crippen molar-refractivity contribution >= 4 is 35.3 Å². The Hall–Kier alpha value is -0.670. The number of imidazole rings is 1. The number of rotatable bonds is 3. The van der Waals surface area contributed by atoms with Crippen LogP contribution in [0.2, 0.25) is 5.02 Å². The Bertz CT molecular complexity index is 505. The molecule has 0 saturated heterocycles. The Morgan fingerprint density at radius 3 is 2.81 bits per heavy atom. The van der Waals surface area contributed by atoms with Gasteiger partial charge in [0.05, 0.1) is 11.0 Å². The lowest BCUT2D eigenvalue weighted by Gasteiger charge is -2.10. The molecule has 0 unspecified atom stereocenters. The highest BCUT2D eigenvalue weighted by Gasteiger charge is 2.10. The minimum Gasteiger partial charge on any atom is -0.327 e. The smallest absolute Gasteiger partial charge is 0.119 e. The zero-order valence-electron chi connectivity index (χ0n) is 9.44. The Morgan fingerprint density at radius 1 is 1.44 bits per heavy atom. The van der Waals surface area contributed by atoms with Gasteiger partial charge in [-0.1, -0.05) is 25.4 Å². The molecule has 0 aliphatic carbocycles. The Kier molecular flexibility index (Phi) is 3.45. The normalized spacial score (nSPS) is 11.6. The van der Waals surface area contributed by atoms with Gasteiger partial charge in [0.2, 0.25) is 0 Å². The van der Waals surface area contributed by atoms with Crippen molar-refractivity contribution in [2.75, 3.05) is 0 Å². The first-order valence-electron chi connectivity index (χ1n) is 5.37. The Labute approximate surface area is 106 Å². The molecular formula is C12H15ClN2S. The molecule has 0 radical (unpaired) electrons. The van der Waals surface area contributed by atoms with Crippen LogP contribution in [0.4, 0.5) is 0 Å². The molecule has 0 atom stereocenters. The van der Waals surface area contributed by atoms with E-state index in [9.17, 15) is 0 Å². The van der Waals surface area contributed by atoms with Crippen molar-refractivity contribution in [1.82, 2.24) is 9.55 Å². The fourth-order valence-corrected chi connectivity index (χ4v) is 2.25. The molecule has 0 spiro atoms. The zero-order valence-corrected chi connectivity index (χ0v) is 11.1. The van der Waals surface area contributed by atoms with Crippen LogP contribution in [-0.2, 0) is 12.3 Å². The van der Waals surface area contributed by atoms with Crippen LogP contribution in [-0.4, -0.2) is 9.55 Å². The Balaban J connectivity index is 2.59. The van der Waals surface area contributed by atoms with Crippen molar-refractivity contribution in [3.8, 4) is 0 Å². The highest BCUT2D eigenvalue weighted by Crippen LogP contribution is 2.22. The molecule has 0 amide bonds. The van der Waals surface area contributed by atoms with Crippen LogP contribution in [0.1, 0.15) is 19.7 Å². The second kappa shape index (κ2) is 4.68. The monoisotopic (exact) mass is 254 g/mol. The van der Waals surface area contributed by atoms with Crippen molar-refractivity contribution in [3.63, 3.8) is 0 Å². The van der Waals surface area contributed by atoms with Gasteiger partial charge >= 0.3 is 0 Å². The van der Waals surface area contributed by atoms with Crippen LogP contribution in [0.3, 0.4) is 0 Å². The van der Waals surface area contributed by atoms with Crippen LogP contribution in [0, 0.1) is 5.92 Å². The van der Waals surface area contributed by atoms with Gasteiger partial charge in [-0.3, -0.25) is 0 Å². The summed E-state index contributed by atoms with van der Waals surface area (Å²) >= 11 is 10.3. The number of benzene rings is 1. The fraction of sp³-hybridized carbons (Fsp3) is 0.417. The van der Waals surface area contributed by atoms with Gasteiger partial charge in [0.1, 0.15) is 5.82 Å². The SMILES string of the molecule is CC(C)Cn1c(CS)nc2cc(Cl)ccc21. The molecule has 0 aliphatic heterocycles. The average Bonchev–Trinajstić information content (AvgIpc) is 2.55. The topological polar surface area (TPSA) is 17.8 Å². The lowest BCUT2D eigenvalue weighted by molar-refractivity contribution is 0.523. The number of aromatic nitrogens is 2. The van der Waals surface area contributed by atoms with Crippen molar-refractivity contribution in [2.45, 2.75) is 26.1 Å². The van der Waals surface area contributed by atoms with E-state index in [-0.39, 0.29) is 0 Å². The zero-order chi connectivity index (χ0) is 11.7. The first kappa shape index (κ1) is 11.8. The number of nitrogens with zero attached hydrogens (tertiary/aromatic N) is 2. The summed E-state index contributed by atoms with van der Waals surface area (Å²) in [5.41, 5.74) is 2.10. The third kappa shape index (κ3) is 2.20. The summed E-state index contributed by atoms with van der Waals surface area (Å²) in [5.74, 6) is 2.25. The largest absolute Gasteiger partial charge is 0.327 e. The molecule has 2 rings (SSSR count). The average molecular weight is 255 g/mol. The molecule has 0 saturated carbocycles. The van der Waals surface area contributed by atoms with Crippen LogP contribution in [0.15, 0.2) is 18.2 Å². The summed E-state index contributed by atoms with van der Waals surface area (Å²) in [6.45, 7) is 5.36. The third-order valence-electron chi connectivity index (χ3n) is 2.48. The molecule has 0 fully saturated rings. The minimum atomic E-state index is 0.590. The second-order valence-corrected chi connectivity index (χ2v) is 5.08. The van der Waals surface area contributed by atoms with Crippen LogP contribution in [0.25, 0.3) is 11.0 Å². The van der Waals surface area contributed by atoms with Gasteiger partial charge in [0, 0.05) is 17.3 Å². The standard InChI is InChI=1S/C12H15ClN2S/c1-8(2)6-15-11-4-3-9(13)5-10(11)14-12(15)7-16/h3-5,8,16H,6-7H2,1-2H3. The lowest BCUT2D eigenvalue weighted by atomic mass is 10.2.